The van der Waals surface area contributed by atoms with Gasteiger partial charge in [0.25, 0.3) is 0 Å². The van der Waals surface area contributed by atoms with Crippen LogP contribution in [0.5, 0.6) is 5.75 Å². The first-order chi connectivity index (χ1) is 13.2. The third-order valence-corrected chi connectivity index (χ3v) is 6.03. The van der Waals surface area contributed by atoms with E-state index in [1.54, 1.807) is 0 Å². The fraction of sp³-hybridized carbons (Fsp3) is 0.429. The zero-order valence-corrected chi connectivity index (χ0v) is 17.5. The molecule has 0 bridgehead atoms. The molecule has 7 heteroatoms. The lowest BCUT2D eigenvalue weighted by atomic mass is 9.74. The molecule has 2 aromatic rings. The molecule has 4 rings (SSSR count). The third kappa shape index (κ3) is 3.55. The van der Waals surface area contributed by atoms with Gasteiger partial charge in [-0.05, 0) is 38.8 Å². The fourth-order valence-electron chi connectivity index (χ4n) is 3.42. The molecule has 1 saturated heterocycles. The quantitative estimate of drug-likeness (QED) is 0.764. The Balaban J connectivity index is 0.00000109. The molecule has 1 atom stereocenters. The molecule has 2 aliphatic rings. The summed E-state index contributed by atoms with van der Waals surface area (Å²) in [5.74, 6) is -0.0192. The van der Waals surface area contributed by atoms with Gasteiger partial charge < -0.3 is 19.2 Å². The monoisotopic (exact) mass is 406 g/mol. The normalized spacial score (nSPS) is 21.6. The van der Waals surface area contributed by atoms with Crippen molar-refractivity contribution in [1.82, 2.24) is 0 Å². The van der Waals surface area contributed by atoms with Gasteiger partial charge in [0.1, 0.15) is 17.7 Å². The molecule has 0 spiro atoms. The highest BCUT2D eigenvalue weighted by Crippen LogP contribution is 2.42. The predicted molar refractivity (Wildman–Crippen MR) is 109 cm³/mol. The van der Waals surface area contributed by atoms with E-state index in [0.29, 0.717) is 17.6 Å². The van der Waals surface area contributed by atoms with E-state index in [0.717, 1.165) is 18.2 Å². The van der Waals surface area contributed by atoms with Crippen molar-refractivity contribution in [3.63, 3.8) is 0 Å². The van der Waals surface area contributed by atoms with E-state index in [4.69, 9.17) is 30.8 Å². The highest BCUT2D eigenvalue weighted by atomic mass is 35.5. The van der Waals surface area contributed by atoms with Crippen molar-refractivity contribution in [2.75, 3.05) is 7.11 Å². The molecule has 28 heavy (non-hydrogen) atoms. The van der Waals surface area contributed by atoms with Crippen LogP contribution in [0.2, 0.25) is 5.02 Å². The van der Waals surface area contributed by atoms with Crippen LogP contribution in [0.15, 0.2) is 36.4 Å². The van der Waals surface area contributed by atoms with Crippen molar-refractivity contribution >= 4 is 24.2 Å². The van der Waals surface area contributed by atoms with Crippen LogP contribution < -0.4 is 10.2 Å². The van der Waals surface area contributed by atoms with Gasteiger partial charge in [0, 0.05) is 25.1 Å². The molecule has 2 aliphatic heterocycles. The van der Waals surface area contributed by atoms with Gasteiger partial charge in [-0.1, -0.05) is 41.9 Å². The van der Waals surface area contributed by atoms with Crippen molar-refractivity contribution < 1.29 is 23.5 Å². The van der Waals surface area contributed by atoms with E-state index < -0.39 is 24.1 Å². The summed E-state index contributed by atoms with van der Waals surface area (Å²) in [4.78, 5) is 0. The van der Waals surface area contributed by atoms with Crippen molar-refractivity contribution in [3.8, 4) is 5.75 Å². The van der Waals surface area contributed by atoms with Gasteiger partial charge in [-0.3, -0.25) is 0 Å². The number of fused-ring (bicyclic) bond motifs is 1. The summed E-state index contributed by atoms with van der Waals surface area (Å²) < 4.78 is 32.7. The summed E-state index contributed by atoms with van der Waals surface area (Å²) in [5, 5.41) is 7.04. The van der Waals surface area contributed by atoms with Gasteiger partial charge >= 0.3 is 7.12 Å². The van der Waals surface area contributed by atoms with Gasteiger partial charge in [0.05, 0.1) is 16.2 Å². The van der Waals surface area contributed by atoms with Crippen LogP contribution in [0.3, 0.4) is 0 Å². The lowest BCUT2D eigenvalue weighted by Crippen LogP contribution is -2.41. The highest BCUT2D eigenvalue weighted by Gasteiger charge is 2.53. The van der Waals surface area contributed by atoms with E-state index in [1.807, 2.05) is 58.0 Å². The minimum absolute atomic E-state index is 0.0413. The summed E-state index contributed by atoms with van der Waals surface area (Å²) in [6.45, 7) is 7.85. The van der Waals surface area contributed by atoms with Crippen molar-refractivity contribution in [1.29, 1.82) is 0 Å². The first-order valence-corrected chi connectivity index (χ1v) is 9.60. The Labute approximate surface area is 170 Å². The molecular formula is C21H25BClFO4. The van der Waals surface area contributed by atoms with Gasteiger partial charge in [-0.25, -0.2) is 4.39 Å². The summed E-state index contributed by atoms with van der Waals surface area (Å²) >= 11 is 6.35. The number of halogens is 2. The minimum Gasteiger partial charge on any atom is -0.485 e. The molecule has 1 N–H and O–H groups in total. The van der Waals surface area contributed by atoms with Crippen LogP contribution in [0.1, 0.15) is 44.9 Å². The van der Waals surface area contributed by atoms with E-state index in [-0.39, 0.29) is 11.1 Å². The van der Waals surface area contributed by atoms with Crippen molar-refractivity contribution in [2.45, 2.75) is 51.4 Å². The zero-order chi connectivity index (χ0) is 20.7. The Bertz CT molecular complexity index is 841. The van der Waals surface area contributed by atoms with E-state index in [9.17, 15) is 4.39 Å². The van der Waals surface area contributed by atoms with Gasteiger partial charge in [-0.15, -0.1) is 0 Å². The van der Waals surface area contributed by atoms with E-state index >= 15 is 0 Å². The molecule has 4 nitrogen and oxygen atoms in total. The van der Waals surface area contributed by atoms with Crippen molar-refractivity contribution in [3.05, 3.63) is 58.4 Å². The first kappa shape index (κ1) is 21.1. The van der Waals surface area contributed by atoms with Crippen LogP contribution in [-0.4, -0.2) is 30.5 Å². The molecular weight excluding hydrogens is 381 g/mol. The number of aliphatic hydroxyl groups excluding tert-OH is 1. The lowest BCUT2D eigenvalue weighted by Gasteiger charge is -2.32. The molecule has 1 unspecified atom stereocenters. The fourth-order valence-corrected chi connectivity index (χ4v) is 3.67. The Kier molecular flexibility index (Phi) is 5.79. The Morgan fingerprint density at radius 1 is 1.07 bits per heavy atom. The van der Waals surface area contributed by atoms with Crippen molar-refractivity contribution in [2.24, 2.45) is 0 Å². The van der Waals surface area contributed by atoms with Crippen LogP contribution in [0.25, 0.3) is 0 Å². The highest BCUT2D eigenvalue weighted by molar-refractivity contribution is 6.66. The minimum atomic E-state index is -0.727. The number of hydrogen-bond donors (Lipinski definition) is 1. The van der Waals surface area contributed by atoms with Gasteiger partial charge in [0.15, 0.2) is 0 Å². The molecule has 0 radical (unpaired) electrons. The summed E-state index contributed by atoms with van der Waals surface area (Å²) in [5.41, 5.74) is 1.37. The molecule has 0 aliphatic carbocycles. The van der Waals surface area contributed by atoms with Crippen LogP contribution in [0, 0.1) is 5.82 Å². The molecule has 150 valence electrons. The summed E-state index contributed by atoms with van der Waals surface area (Å²) in [7, 11) is 0.273. The number of benzene rings is 2. The van der Waals surface area contributed by atoms with E-state index in [1.165, 1.54) is 6.07 Å². The zero-order valence-electron chi connectivity index (χ0n) is 16.8. The number of ether oxygens (including phenoxy) is 1. The molecule has 1 fully saturated rings. The number of aliphatic hydroxyl groups is 1. The first-order valence-electron chi connectivity index (χ1n) is 9.22. The van der Waals surface area contributed by atoms with Crippen LogP contribution >= 0.6 is 11.6 Å². The Morgan fingerprint density at radius 2 is 1.64 bits per heavy atom. The SMILES string of the molecule is CC1(C)OB(c2c(Cl)c(F)cc3c2CC(c2ccccc2)O3)OC1(C)C.CO. The molecule has 2 heterocycles. The van der Waals surface area contributed by atoms with Crippen LogP contribution in [-0.2, 0) is 15.7 Å². The predicted octanol–water partition coefficient (Wildman–Crippen LogP) is 4.06. The topological polar surface area (TPSA) is 47.9 Å². The number of rotatable bonds is 2. The maximum atomic E-state index is 14.5. The van der Waals surface area contributed by atoms with Gasteiger partial charge in [-0.2, -0.15) is 0 Å². The second-order valence-corrected chi connectivity index (χ2v) is 8.25. The standard InChI is InChI=1S/C20H21BClFO3.CH4O/c1-19(2)20(3,4)26-21(25-19)17-13-10-15(12-8-6-5-7-9-12)24-16(13)11-14(23)18(17)22;1-2/h5-9,11,15H,10H2,1-4H3;2H,1H3. The average molecular weight is 407 g/mol. The molecule has 0 amide bonds. The van der Waals surface area contributed by atoms with Gasteiger partial charge in [0.2, 0.25) is 0 Å². The maximum Gasteiger partial charge on any atom is 0.496 e. The molecule has 2 aromatic carbocycles. The Morgan fingerprint density at radius 3 is 2.21 bits per heavy atom. The largest absolute Gasteiger partial charge is 0.496 e. The summed E-state index contributed by atoms with van der Waals surface area (Å²) in [6, 6.07) is 11.2. The molecule has 0 aromatic heterocycles. The number of hydrogen-bond acceptors (Lipinski definition) is 4. The summed E-state index contributed by atoms with van der Waals surface area (Å²) in [6.07, 6.45) is 0.420. The maximum absolute atomic E-state index is 14.5. The average Bonchev–Trinajstić information content (AvgIpc) is 3.16. The third-order valence-electron chi connectivity index (χ3n) is 5.65. The second kappa shape index (κ2) is 7.67. The lowest BCUT2D eigenvalue weighted by molar-refractivity contribution is 0.00578. The second-order valence-electron chi connectivity index (χ2n) is 7.87. The molecule has 0 saturated carbocycles. The smallest absolute Gasteiger partial charge is 0.485 e. The van der Waals surface area contributed by atoms with E-state index in [2.05, 4.69) is 0 Å². The van der Waals surface area contributed by atoms with Crippen LogP contribution in [0.4, 0.5) is 4.39 Å². The Hall–Kier alpha value is -1.60.